The molecule has 0 aliphatic carbocycles. The van der Waals surface area contributed by atoms with E-state index in [0.717, 1.165) is 6.07 Å². The Morgan fingerprint density at radius 2 is 1.85 bits per heavy atom. The number of fused-ring (bicyclic) bond motifs is 1. The number of methoxy groups -OCH3 is 1. The van der Waals surface area contributed by atoms with E-state index in [0.29, 0.717) is 35.4 Å². The number of rotatable bonds is 7. The number of carbonyl (C=O) groups excluding carboxylic acids is 1. The molecule has 2 N–H and O–H groups in total. The summed E-state index contributed by atoms with van der Waals surface area (Å²) in [6, 6.07) is 7.72. The Morgan fingerprint density at radius 1 is 1.11 bits per heavy atom. The molecular formula is C20H19F3N2O2. The first-order valence-electron chi connectivity index (χ1n) is 8.50. The number of aryl methyl sites for hydroxylation is 1. The molecule has 1 heterocycles. The van der Waals surface area contributed by atoms with Gasteiger partial charge in [0.25, 0.3) is 0 Å². The number of benzene rings is 2. The van der Waals surface area contributed by atoms with Crippen molar-refractivity contribution in [3.05, 3.63) is 59.4 Å². The van der Waals surface area contributed by atoms with Gasteiger partial charge in [-0.25, -0.2) is 13.2 Å². The smallest absolute Gasteiger partial charge is 0.220 e. The van der Waals surface area contributed by atoms with Crippen LogP contribution in [0.15, 0.2) is 36.4 Å². The van der Waals surface area contributed by atoms with Gasteiger partial charge in [-0.15, -0.1) is 0 Å². The van der Waals surface area contributed by atoms with Gasteiger partial charge in [0.2, 0.25) is 5.91 Å². The molecule has 0 aliphatic rings. The lowest BCUT2D eigenvalue weighted by atomic mass is 10.0. The SMILES string of the molecule is COCCNC(=O)CCc1c(-c2ccc(F)cc2)[nH]c2c(F)cc(F)cc12. The van der Waals surface area contributed by atoms with Crippen LogP contribution in [0.25, 0.3) is 22.2 Å². The lowest BCUT2D eigenvalue weighted by Crippen LogP contribution is -2.27. The Morgan fingerprint density at radius 3 is 2.56 bits per heavy atom. The molecule has 0 radical (unpaired) electrons. The molecule has 1 aromatic heterocycles. The fourth-order valence-corrected chi connectivity index (χ4v) is 3.02. The minimum atomic E-state index is -0.718. The molecule has 0 saturated heterocycles. The normalized spacial score (nSPS) is 11.1. The Hall–Kier alpha value is -2.80. The van der Waals surface area contributed by atoms with E-state index in [-0.39, 0.29) is 24.3 Å². The summed E-state index contributed by atoms with van der Waals surface area (Å²) in [7, 11) is 1.54. The molecule has 0 atom stereocenters. The summed E-state index contributed by atoms with van der Waals surface area (Å²) >= 11 is 0. The Bertz CT molecular complexity index is 952. The molecule has 2 aromatic carbocycles. The second kappa shape index (κ2) is 8.26. The standard InChI is InChI=1S/C20H19F3N2O2/c1-27-9-8-24-18(26)7-6-15-16-10-14(22)11-17(23)20(16)25-19(15)12-2-4-13(21)5-3-12/h2-5,10-11,25H,6-9H2,1H3,(H,24,26). The van der Waals surface area contributed by atoms with Crippen LogP contribution in [0.4, 0.5) is 13.2 Å². The van der Waals surface area contributed by atoms with Gasteiger partial charge >= 0.3 is 0 Å². The van der Waals surface area contributed by atoms with Gasteiger partial charge in [0.15, 0.2) is 0 Å². The molecule has 7 heteroatoms. The van der Waals surface area contributed by atoms with Crippen LogP contribution in [-0.4, -0.2) is 31.2 Å². The highest BCUT2D eigenvalue weighted by Crippen LogP contribution is 2.33. The summed E-state index contributed by atoms with van der Waals surface area (Å²) in [5, 5.41) is 3.08. The molecule has 0 fully saturated rings. The van der Waals surface area contributed by atoms with Gasteiger partial charge in [-0.2, -0.15) is 0 Å². The van der Waals surface area contributed by atoms with Crippen molar-refractivity contribution in [2.75, 3.05) is 20.3 Å². The molecule has 142 valence electrons. The van der Waals surface area contributed by atoms with E-state index in [1.165, 1.54) is 25.3 Å². The van der Waals surface area contributed by atoms with Gasteiger partial charge in [0, 0.05) is 37.2 Å². The third-order valence-electron chi connectivity index (χ3n) is 4.30. The Kier molecular flexibility index (Phi) is 5.81. The predicted molar refractivity (Wildman–Crippen MR) is 96.8 cm³/mol. The van der Waals surface area contributed by atoms with E-state index in [1.807, 2.05) is 0 Å². The summed E-state index contributed by atoms with van der Waals surface area (Å²) in [6.45, 7) is 0.785. The van der Waals surface area contributed by atoms with Crippen LogP contribution >= 0.6 is 0 Å². The van der Waals surface area contributed by atoms with E-state index in [2.05, 4.69) is 10.3 Å². The number of amides is 1. The summed E-state index contributed by atoms with van der Waals surface area (Å²) in [4.78, 5) is 15.0. The highest BCUT2D eigenvalue weighted by Gasteiger charge is 2.18. The summed E-state index contributed by atoms with van der Waals surface area (Å²) in [5.41, 5.74) is 1.93. The number of aromatic amines is 1. The maximum atomic E-state index is 14.2. The van der Waals surface area contributed by atoms with E-state index in [1.54, 1.807) is 12.1 Å². The molecule has 1 amide bonds. The average molecular weight is 376 g/mol. The molecule has 0 aliphatic heterocycles. The first-order chi connectivity index (χ1) is 13.0. The zero-order valence-corrected chi connectivity index (χ0v) is 14.7. The Labute approximate surface area is 154 Å². The second-order valence-corrected chi connectivity index (χ2v) is 6.14. The number of hydrogen-bond acceptors (Lipinski definition) is 2. The first kappa shape index (κ1) is 19.0. The van der Waals surface area contributed by atoms with E-state index in [9.17, 15) is 18.0 Å². The quantitative estimate of drug-likeness (QED) is 0.614. The summed E-state index contributed by atoms with van der Waals surface area (Å²) in [5.74, 6) is -2.01. The van der Waals surface area contributed by atoms with Crippen LogP contribution in [-0.2, 0) is 16.0 Å². The van der Waals surface area contributed by atoms with Gasteiger partial charge in [0.05, 0.1) is 12.1 Å². The largest absolute Gasteiger partial charge is 0.383 e. The second-order valence-electron chi connectivity index (χ2n) is 6.14. The number of halogens is 3. The minimum Gasteiger partial charge on any atom is -0.383 e. The minimum absolute atomic E-state index is 0.142. The van der Waals surface area contributed by atoms with Crippen molar-refractivity contribution < 1.29 is 22.7 Å². The van der Waals surface area contributed by atoms with Crippen LogP contribution in [0.3, 0.4) is 0 Å². The molecule has 0 spiro atoms. The molecule has 0 bridgehead atoms. The molecule has 27 heavy (non-hydrogen) atoms. The number of hydrogen-bond donors (Lipinski definition) is 2. The van der Waals surface area contributed by atoms with Gasteiger partial charge in [-0.05, 0) is 47.9 Å². The zero-order chi connectivity index (χ0) is 19.4. The summed E-state index contributed by atoms with van der Waals surface area (Å²) < 4.78 is 46.1. The molecular weight excluding hydrogens is 357 g/mol. The number of carbonyl (C=O) groups is 1. The van der Waals surface area contributed by atoms with Crippen molar-refractivity contribution in [1.29, 1.82) is 0 Å². The van der Waals surface area contributed by atoms with Crippen molar-refractivity contribution in [2.45, 2.75) is 12.8 Å². The number of H-pyrrole nitrogens is 1. The zero-order valence-electron chi connectivity index (χ0n) is 14.7. The highest BCUT2D eigenvalue weighted by atomic mass is 19.1. The Balaban J connectivity index is 1.96. The van der Waals surface area contributed by atoms with Gasteiger partial charge in [0.1, 0.15) is 17.5 Å². The van der Waals surface area contributed by atoms with Crippen LogP contribution in [0.1, 0.15) is 12.0 Å². The average Bonchev–Trinajstić information content (AvgIpc) is 2.99. The number of nitrogens with one attached hydrogen (secondary N) is 2. The maximum Gasteiger partial charge on any atom is 0.220 e. The van der Waals surface area contributed by atoms with E-state index in [4.69, 9.17) is 4.74 Å². The van der Waals surface area contributed by atoms with Gasteiger partial charge in [-0.1, -0.05) is 0 Å². The number of ether oxygens (including phenoxy) is 1. The third kappa shape index (κ3) is 4.31. The fraction of sp³-hybridized carbons (Fsp3) is 0.250. The molecule has 0 unspecified atom stereocenters. The van der Waals surface area contributed by atoms with E-state index < -0.39 is 17.5 Å². The fourth-order valence-electron chi connectivity index (χ4n) is 3.02. The monoisotopic (exact) mass is 376 g/mol. The van der Waals surface area contributed by atoms with Gasteiger partial charge in [-0.3, -0.25) is 4.79 Å². The maximum absolute atomic E-state index is 14.2. The molecule has 0 saturated carbocycles. The van der Waals surface area contributed by atoms with Crippen molar-refractivity contribution in [3.8, 4) is 11.3 Å². The summed E-state index contributed by atoms with van der Waals surface area (Å²) in [6.07, 6.45) is 0.414. The molecule has 4 nitrogen and oxygen atoms in total. The number of aromatic nitrogens is 1. The lowest BCUT2D eigenvalue weighted by molar-refractivity contribution is -0.121. The molecule has 3 rings (SSSR count). The van der Waals surface area contributed by atoms with Crippen molar-refractivity contribution in [2.24, 2.45) is 0 Å². The van der Waals surface area contributed by atoms with Crippen LogP contribution < -0.4 is 5.32 Å². The van der Waals surface area contributed by atoms with E-state index >= 15 is 0 Å². The van der Waals surface area contributed by atoms with Crippen molar-refractivity contribution >= 4 is 16.8 Å². The first-order valence-corrected chi connectivity index (χ1v) is 8.50. The van der Waals surface area contributed by atoms with Crippen LogP contribution in [0.5, 0.6) is 0 Å². The van der Waals surface area contributed by atoms with Gasteiger partial charge < -0.3 is 15.0 Å². The molecule has 3 aromatic rings. The van der Waals surface area contributed by atoms with Crippen molar-refractivity contribution in [3.63, 3.8) is 0 Å². The predicted octanol–water partition coefficient (Wildman–Crippen LogP) is 3.95. The topological polar surface area (TPSA) is 54.1 Å². The van der Waals surface area contributed by atoms with Crippen molar-refractivity contribution in [1.82, 2.24) is 10.3 Å². The third-order valence-corrected chi connectivity index (χ3v) is 4.30. The van der Waals surface area contributed by atoms with Crippen LogP contribution in [0, 0.1) is 17.5 Å². The lowest BCUT2D eigenvalue weighted by Gasteiger charge is -2.07. The highest BCUT2D eigenvalue weighted by molar-refractivity contribution is 5.92. The van der Waals surface area contributed by atoms with Crippen LogP contribution in [0.2, 0.25) is 0 Å².